The van der Waals surface area contributed by atoms with Crippen molar-refractivity contribution >= 4 is 22.6 Å². The van der Waals surface area contributed by atoms with Crippen LogP contribution in [-0.4, -0.2) is 0 Å². The summed E-state index contributed by atoms with van der Waals surface area (Å²) < 4.78 is 1.39. The summed E-state index contributed by atoms with van der Waals surface area (Å²) >= 11 is 2.42. The fourth-order valence-corrected chi connectivity index (χ4v) is 2.81. The second-order valence-electron chi connectivity index (χ2n) is 3.60. The van der Waals surface area contributed by atoms with Gasteiger partial charge in [-0.3, -0.25) is 0 Å². The fourth-order valence-electron chi connectivity index (χ4n) is 2.12. The Morgan fingerprint density at radius 2 is 1.64 bits per heavy atom. The summed E-state index contributed by atoms with van der Waals surface area (Å²) in [5.41, 5.74) is 5.80. The third kappa shape index (κ3) is 1.12. The van der Waals surface area contributed by atoms with Crippen molar-refractivity contribution < 1.29 is 0 Å². The maximum atomic E-state index is 2.42. The molecular weight excluding hydrogens is 283 g/mol. The van der Waals surface area contributed by atoms with Gasteiger partial charge in [-0.25, -0.2) is 0 Å². The molecule has 0 bridgehead atoms. The monoisotopic (exact) mass is 292 g/mol. The first-order valence-corrected chi connectivity index (χ1v) is 5.80. The lowest BCUT2D eigenvalue weighted by atomic mass is 10.1. The molecular formula is C13H9I. The van der Waals surface area contributed by atoms with Gasteiger partial charge in [-0.1, -0.05) is 36.4 Å². The summed E-state index contributed by atoms with van der Waals surface area (Å²) in [5, 5.41) is 0. The molecule has 0 aliphatic heterocycles. The van der Waals surface area contributed by atoms with Crippen LogP contribution in [0.25, 0.3) is 11.1 Å². The minimum Gasteiger partial charge on any atom is -0.0619 e. The maximum absolute atomic E-state index is 2.42. The van der Waals surface area contributed by atoms with Crippen LogP contribution in [0.4, 0.5) is 0 Å². The smallest absolute Gasteiger partial charge is 0.0171 e. The van der Waals surface area contributed by atoms with Crippen LogP contribution in [0.3, 0.4) is 0 Å². The Balaban J connectivity index is 2.33. The number of hydrogen-bond donors (Lipinski definition) is 0. The standard InChI is InChI=1S/C13H9I/c14-13-7-3-6-11-10-5-2-1-4-9(10)8-12(11)13/h1-7H,8H2. The zero-order valence-corrected chi connectivity index (χ0v) is 9.78. The van der Waals surface area contributed by atoms with Crippen molar-refractivity contribution in [1.82, 2.24) is 0 Å². The van der Waals surface area contributed by atoms with Gasteiger partial charge in [-0.2, -0.15) is 0 Å². The van der Waals surface area contributed by atoms with Gasteiger partial charge in [-0.05, 0) is 57.3 Å². The van der Waals surface area contributed by atoms with Gasteiger partial charge in [0.1, 0.15) is 0 Å². The third-order valence-electron chi connectivity index (χ3n) is 2.79. The summed E-state index contributed by atoms with van der Waals surface area (Å²) in [6, 6.07) is 15.2. The molecule has 0 saturated heterocycles. The van der Waals surface area contributed by atoms with Crippen LogP contribution in [0, 0.1) is 3.57 Å². The van der Waals surface area contributed by atoms with Crippen molar-refractivity contribution in [2.24, 2.45) is 0 Å². The van der Waals surface area contributed by atoms with E-state index in [0.717, 1.165) is 6.42 Å². The molecule has 0 radical (unpaired) electrons. The van der Waals surface area contributed by atoms with Crippen LogP contribution < -0.4 is 0 Å². The number of rotatable bonds is 0. The van der Waals surface area contributed by atoms with E-state index in [4.69, 9.17) is 0 Å². The Morgan fingerprint density at radius 1 is 0.857 bits per heavy atom. The average molecular weight is 292 g/mol. The summed E-state index contributed by atoms with van der Waals surface area (Å²) in [7, 11) is 0. The SMILES string of the molecule is Ic1cccc2c1Cc1ccccc1-2. The Kier molecular flexibility index (Phi) is 1.87. The molecule has 0 N–H and O–H groups in total. The zero-order valence-electron chi connectivity index (χ0n) is 7.63. The van der Waals surface area contributed by atoms with Crippen LogP contribution in [0.15, 0.2) is 42.5 Å². The Labute approximate surface area is 97.1 Å². The molecule has 0 heterocycles. The van der Waals surface area contributed by atoms with Crippen molar-refractivity contribution in [2.45, 2.75) is 6.42 Å². The molecule has 0 amide bonds. The summed E-state index contributed by atoms with van der Waals surface area (Å²) in [4.78, 5) is 0. The highest BCUT2D eigenvalue weighted by Crippen LogP contribution is 2.38. The number of halogens is 1. The van der Waals surface area contributed by atoms with Gasteiger partial charge in [0, 0.05) is 3.57 Å². The van der Waals surface area contributed by atoms with Crippen LogP contribution in [0.2, 0.25) is 0 Å². The lowest BCUT2D eigenvalue weighted by Crippen LogP contribution is -1.84. The zero-order chi connectivity index (χ0) is 9.54. The first-order chi connectivity index (χ1) is 6.86. The highest BCUT2D eigenvalue weighted by atomic mass is 127. The van der Waals surface area contributed by atoms with Crippen molar-refractivity contribution in [2.75, 3.05) is 0 Å². The van der Waals surface area contributed by atoms with Gasteiger partial charge in [0.15, 0.2) is 0 Å². The molecule has 0 fully saturated rings. The minimum atomic E-state index is 1.10. The quantitative estimate of drug-likeness (QED) is 0.552. The first-order valence-electron chi connectivity index (χ1n) is 4.72. The predicted octanol–water partition coefficient (Wildman–Crippen LogP) is 3.86. The summed E-state index contributed by atoms with van der Waals surface area (Å²) in [6.45, 7) is 0. The number of benzene rings is 2. The van der Waals surface area contributed by atoms with Gasteiger partial charge in [-0.15, -0.1) is 0 Å². The molecule has 0 atom stereocenters. The van der Waals surface area contributed by atoms with E-state index >= 15 is 0 Å². The van der Waals surface area contributed by atoms with E-state index in [0.29, 0.717) is 0 Å². The summed E-state index contributed by atoms with van der Waals surface area (Å²) in [6.07, 6.45) is 1.10. The van der Waals surface area contributed by atoms with Crippen molar-refractivity contribution in [3.63, 3.8) is 0 Å². The van der Waals surface area contributed by atoms with Crippen LogP contribution in [-0.2, 0) is 6.42 Å². The molecule has 1 aliphatic carbocycles. The van der Waals surface area contributed by atoms with E-state index < -0.39 is 0 Å². The fraction of sp³-hybridized carbons (Fsp3) is 0.0769. The predicted molar refractivity (Wildman–Crippen MR) is 67.4 cm³/mol. The molecule has 0 saturated carbocycles. The Hall–Kier alpha value is -0.830. The van der Waals surface area contributed by atoms with E-state index in [-0.39, 0.29) is 0 Å². The van der Waals surface area contributed by atoms with Crippen molar-refractivity contribution in [1.29, 1.82) is 0 Å². The second kappa shape index (κ2) is 3.09. The Morgan fingerprint density at radius 3 is 2.57 bits per heavy atom. The first kappa shape index (κ1) is 8.48. The summed E-state index contributed by atoms with van der Waals surface area (Å²) in [5.74, 6) is 0. The van der Waals surface area contributed by atoms with Gasteiger partial charge in [0.25, 0.3) is 0 Å². The minimum absolute atomic E-state index is 1.10. The molecule has 2 aromatic carbocycles. The topological polar surface area (TPSA) is 0 Å². The Bertz CT molecular complexity index is 500. The molecule has 0 unspecified atom stereocenters. The average Bonchev–Trinajstić information content (AvgIpc) is 2.59. The number of hydrogen-bond acceptors (Lipinski definition) is 0. The highest BCUT2D eigenvalue weighted by Gasteiger charge is 2.18. The third-order valence-corrected chi connectivity index (χ3v) is 3.80. The lowest BCUT2D eigenvalue weighted by molar-refractivity contribution is 1.25. The number of fused-ring (bicyclic) bond motifs is 3. The van der Waals surface area contributed by atoms with E-state index in [1.54, 1.807) is 0 Å². The molecule has 3 rings (SSSR count). The molecule has 1 heteroatoms. The van der Waals surface area contributed by atoms with Gasteiger partial charge >= 0.3 is 0 Å². The molecule has 0 nitrogen and oxygen atoms in total. The van der Waals surface area contributed by atoms with E-state index in [9.17, 15) is 0 Å². The molecule has 14 heavy (non-hydrogen) atoms. The second-order valence-corrected chi connectivity index (χ2v) is 4.76. The molecule has 1 aliphatic rings. The van der Waals surface area contributed by atoms with Crippen molar-refractivity contribution in [3.05, 3.63) is 57.2 Å². The van der Waals surface area contributed by atoms with E-state index in [1.165, 1.54) is 25.8 Å². The lowest BCUT2D eigenvalue weighted by Gasteiger charge is -2.01. The van der Waals surface area contributed by atoms with E-state index in [2.05, 4.69) is 65.1 Å². The normalized spacial score (nSPS) is 12.4. The molecule has 0 aromatic heterocycles. The van der Waals surface area contributed by atoms with Crippen LogP contribution in [0.5, 0.6) is 0 Å². The highest BCUT2D eigenvalue weighted by molar-refractivity contribution is 14.1. The largest absolute Gasteiger partial charge is 0.0619 e. The van der Waals surface area contributed by atoms with Gasteiger partial charge < -0.3 is 0 Å². The van der Waals surface area contributed by atoms with Crippen molar-refractivity contribution in [3.8, 4) is 11.1 Å². The van der Waals surface area contributed by atoms with Gasteiger partial charge in [0.05, 0.1) is 0 Å². The van der Waals surface area contributed by atoms with Crippen LogP contribution >= 0.6 is 22.6 Å². The molecule has 0 spiro atoms. The van der Waals surface area contributed by atoms with Gasteiger partial charge in [0.2, 0.25) is 0 Å². The van der Waals surface area contributed by atoms with Crippen LogP contribution in [0.1, 0.15) is 11.1 Å². The van der Waals surface area contributed by atoms with E-state index in [1.807, 2.05) is 0 Å². The maximum Gasteiger partial charge on any atom is 0.0171 e. The molecule has 68 valence electrons. The molecule has 2 aromatic rings.